The van der Waals surface area contributed by atoms with Crippen LogP contribution in [0.5, 0.6) is 0 Å². The third-order valence-electron chi connectivity index (χ3n) is 13.4. The molecule has 0 radical (unpaired) electrons. The molecule has 0 saturated heterocycles. The van der Waals surface area contributed by atoms with E-state index < -0.39 is 94.8 Å². The van der Waals surface area contributed by atoms with Crippen LogP contribution in [-0.4, -0.2) is 121 Å². The Morgan fingerprint density at radius 1 is 0.337 bits per heavy atom. The van der Waals surface area contributed by atoms with Gasteiger partial charge in [0.05, 0.1) is 0 Å². The van der Waals surface area contributed by atoms with E-state index in [9.17, 15) is 62.1 Å². The largest absolute Gasteiger partial charge is 0.480 e. The van der Waals surface area contributed by atoms with E-state index in [1.54, 1.807) is 119 Å². The molecule has 4 amide bonds. The third kappa shape index (κ3) is 36.6. The summed E-state index contributed by atoms with van der Waals surface area (Å²) in [6, 6.07) is 42.5. The molecule has 21 nitrogen and oxygen atoms in total. The second-order valence-electron chi connectivity index (χ2n) is 26.8. The van der Waals surface area contributed by atoms with Crippen molar-refractivity contribution in [3.63, 3.8) is 0 Å². The molecule has 0 bridgehead atoms. The summed E-state index contributed by atoms with van der Waals surface area (Å²) in [6.45, 7) is 20.5. The first-order valence-corrected chi connectivity index (χ1v) is 31.9. The zero-order valence-electron chi connectivity index (χ0n) is 57.7. The van der Waals surface area contributed by atoms with Crippen LogP contribution in [0.1, 0.15) is 158 Å². The van der Waals surface area contributed by atoms with E-state index in [1.807, 2.05) is 72.8 Å². The number of carboxylic acids is 4. The number of Topliss-reactive ketones (excluding diaryl/α,β-unsaturated/α-hetero) is 1. The van der Waals surface area contributed by atoms with Crippen LogP contribution in [0.3, 0.4) is 0 Å². The summed E-state index contributed by atoms with van der Waals surface area (Å²) >= 11 is 0. The van der Waals surface area contributed by atoms with E-state index in [0.717, 1.165) is 28.7 Å². The van der Waals surface area contributed by atoms with Gasteiger partial charge in [-0.25, -0.2) is 47.1 Å². The van der Waals surface area contributed by atoms with Gasteiger partial charge in [-0.1, -0.05) is 133 Å². The topological polar surface area (TPSA) is 320 Å². The van der Waals surface area contributed by atoms with Gasteiger partial charge in [-0.15, -0.1) is 0 Å². The van der Waals surface area contributed by atoms with Gasteiger partial charge in [0.25, 0.3) is 0 Å². The van der Waals surface area contributed by atoms with Gasteiger partial charge in [0.15, 0.2) is 5.78 Å². The molecule has 98 heavy (non-hydrogen) atoms. The standard InChI is InChI=1S/C23H27NO5.C22H27NO4.2C15H20FNO4/c1-23(2,3)29-22(28)24-19(21(26)27)14-13-16-9-11-17(12-10-16)15-20(25)18-7-5-4-6-8-18;1-22(2,3)27-21(26)23-19(20(24)25)14-13-16-9-11-18(12-10-16)15-17-7-5-4-6-8-17;1-15(2,3)21-14(20)17-12(13(18)19)9-6-10-4-7-11(16)8-5-10;1-15(2,3)21-14(20)17-12(13(18)19)8-7-10-5-4-6-11(16)9-10/h4-12,19H,13-15H2,1-3H3,(H,24,28)(H,26,27);4-12,19H,13-15H2,1-3H3,(H,23,26)(H,24,25);4-5,7-8,12H,6,9H2,1-3H3,(H,17,20)(H,18,19);4-6,9,12H,7-8H2,1-3H3,(H,17,20)(H,18,19)/t2*19-;2*12-/m0000/s1. The number of ether oxygens (including phenoxy) is 4. The van der Waals surface area contributed by atoms with Gasteiger partial charge in [0, 0.05) is 12.0 Å². The number of carboxylic acid groups (broad SMARTS) is 4. The van der Waals surface area contributed by atoms with Crippen molar-refractivity contribution in [3.8, 4) is 0 Å². The molecule has 6 aromatic carbocycles. The molecule has 0 fully saturated rings. The van der Waals surface area contributed by atoms with E-state index in [-0.39, 0.29) is 36.7 Å². The molecular formula is C75H94F2N4O17. The van der Waals surface area contributed by atoms with Gasteiger partial charge >= 0.3 is 48.3 Å². The fourth-order valence-electron chi connectivity index (χ4n) is 8.81. The quantitative estimate of drug-likeness (QED) is 0.0195. The predicted molar refractivity (Wildman–Crippen MR) is 366 cm³/mol. The van der Waals surface area contributed by atoms with Gasteiger partial charge in [-0.2, -0.15) is 0 Å². The Balaban J connectivity index is 0.000000344. The number of alkyl carbamates (subject to hydrolysis) is 4. The van der Waals surface area contributed by atoms with Crippen molar-refractivity contribution in [2.45, 2.75) is 194 Å². The van der Waals surface area contributed by atoms with Crippen LogP contribution >= 0.6 is 0 Å². The molecule has 6 aromatic rings. The molecule has 6 rings (SSSR count). The molecule has 4 atom stereocenters. The lowest BCUT2D eigenvalue weighted by atomic mass is 10.00. The molecule has 23 heteroatoms. The summed E-state index contributed by atoms with van der Waals surface area (Å²) in [5.41, 5.74) is 4.70. The van der Waals surface area contributed by atoms with E-state index in [2.05, 4.69) is 45.5 Å². The Labute approximate surface area is 572 Å². The van der Waals surface area contributed by atoms with Gasteiger partial charge in [-0.3, -0.25) is 4.79 Å². The van der Waals surface area contributed by atoms with Crippen LogP contribution in [0.4, 0.5) is 28.0 Å². The minimum atomic E-state index is -1.16. The molecule has 8 N–H and O–H groups in total. The zero-order valence-corrected chi connectivity index (χ0v) is 57.7. The monoisotopic (exact) mass is 1360 g/mol. The molecule has 0 saturated carbocycles. The minimum Gasteiger partial charge on any atom is -0.480 e. The van der Waals surface area contributed by atoms with Gasteiger partial charge in [-0.05, 0) is 204 Å². The third-order valence-corrected chi connectivity index (χ3v) is 13.4. The minimum absolute atomic E-state index is 0.0471. The molecule has 0 aliphatic rings. The average Bonchev–Trinajstić information content (AvgIpc) is 0.985. The second kappa shape index (κ2) is 39.8. The van der Waals surface area contributed by atoms with Crippen molar-refractivity contribution >= 4 is 54.0 Å². The fraction of sp³-hybridized carbons (Fsp3) is 0.400. The molecule has 0 spiro atoms. The number of carbonyl (C=O) groups excluding carboxylic acids is 5. The van der Waals surface area contributed by atoms with E-state index in [0.29, 0.717) is 49.7 Å². The van der Waals surface area contributed by atoms with Crippen LogP contribution in [-0.2, 0) is 76.7 Å². The van der Waals surface area contributed by atoms with Crippen LogP contribution in [0.2, 0.25) is 0 Å². The lowest BCUT2D eigenvalue weighted by molar-refractivity contribution is -0.140. The summed E-state index contributed by atoms with van der Waals surface area (Å²) in [5, 5.41) is 46.3. The Bertz CT molecular complexity index is 3510. The van der Waals surface area contributed by atoms with Crippen molar-refractivity contribution < 1.29 is 91.3 Å². The molecule has 530 valence electrons. The summed E-state index contributed by atoms with van der Waals surface area (Å²) in [4.78, 5) is 104. The number of benzene rings is 6. The highest BCUT2D eigenvalue weighted by Crippen LogP contribution is 2.18. The maximum atomic E-state index is 13.0. The Hall–Kier alpha value is -10.2. The highest BCUT2D eigenvalue weighted by molar-refractivity contribution is 5.97. The highest BCUT2D eigenvalue weighted by atomic mass is 19.1. The molecule has 0 aliphatic carbocycles. The summed E-state index contributed by atoms with van der Waals surface area (Å²) < 4.78 is 46.1. The number of carbonyl (C=O) groups is 9. The Morgan fingerprint density at radius 3 is 0.929 bits per heavy atom. The first-order valence-electron chi connectivity index (χ1n) is 31.9. The number of aliphatic carboxylic acids is 4. The zero-order chi connectivity index (χ0) is 73.4. The highest BCUT2D eigenvalue weighted by Gasteiger charge is 2.28. The second-order valence-corrected chi connectivity index (χ2v) is 26.8. The lowest BCUT2D eigenvalue weighted by Crippen LogP contribution is -2.43. The Morgan fingerprint density at radius 2 is 0.612 bits per heavy atom. The lowest BCUT2D eigenvalue weighted by Gasteiger charge is -2.22. The first kappa shape index (κ1) is 82.0. The van der Waals surface area contributed by atoms with Crippen molar-refractivity contribution in [3.05, 3.63) is 214 Å². The maximum Gasteiger partial charge on any atom is 0.408 e. The normalized spacial score (nSPS) is 12.3. The van der Waals surface area contributed by atoms with E-state index >= 15 is 0 Å². The number of rotatable bonds is 25. The number of aryl methyl sites for hydroxylation is 4. The summed E-state index contributed by atoms with van der Waals surface area (Å²) in [6.07, 6.45) is 0.800. The molecule has 0 unspecified atom stereocenters. The van der Waals surface area contributed by atoms with Crippen LogP contribution < -0.4 is 21.3 Å². The van der Waals surface area contributed by atoms with E-state index in [4.69, 9.17) is 29.2 Å². The molecular weight excluding hydrogens is 1270 g/mol. The number of ketones is 1. The van der Waals surface area contributed by atoms with Gasteiger partial charge < -0.3 is 60.6 Å². The number of halogens is 2. The first-order chi connectivity index (χ1) is 45.7. The van der Waals surface area contributed by atoms with Crippen LogP contribution in [0.25, 0.3) is 0 Å². The van der Waals surface area contributed by atoms with Crippen molar-refractivity contribution in [1.29, 1.82) is 0 Å². The molecule has 0 heterocycles. The molecule has 0 aromatic heterocycles. The molecule has 0 aliphatic heterocycles. The van der Waals surface area contributed by atoms with Crippen molar-refractivity contribution in [2.24, 2.45) is 0 Å². The van der Waals surface area contributed by atoms with E-state index in [1.165, 1.54) is 35.4 Å². The Kier molecular flexibility index (Phi) is 33.3. The number of amides is 4. The number of hydrogen-bond donors (Lipinski definition) is 8. The summed E-state index contributed by atoms with van der Waals surface area (Å²) in [5.74, 6) is -5.14. The smallest absolute Gasteiger partial charge is 0.408 e. The maximum absolute atomic E-state index is 13.0. The van der Waals surface area contributed by atoms with Crippen LogP contribution in [0, 0.1) is 11.6 Å². The fourth-order valence-corrected chi connectivity index (χ4v) is 8.81. The van der Waals surface area contributed by atoms with Crippen molar-refractivity contribution in [2.75, 3.05) is 0 Å². The van der Waals surface area contributed by atoms with Crippen LogP contribution in [0.15, 0.2) is 158 Å². The SMILES string of the molecule is CC(C)(C)OC(=O)N[C@@H](CCc1ccc(CC(=O)c2ccccc2)cc1)C(=O)O.CC(C)(C)OC(=O)N[C@@H](CCc1ccc(Cc2ccccc2)cc1)C(=O)O.CC(C)(C)OC(=O)N[C@@H](CCc1ccc(F)cc1)C(=O)O.CC(C)(C)OC(=O)N[C@@H](CCc1cccc(F)c1)C(=O)O. The number of hydrogen-bond acceptors (Lipinski definition) is 13. The van der Waals surface area contributed by atoms with Gasteiger partial charge in [0.1, 0.15) is 58.2 Å². The summed E-state index contributed by atoms with van der Waals surface area (Å²) in [7, 11) is 0. The van der Waals surface area contributed by atoms with Crippen molar-refractivity contribution in [1.82, 2.24) is 21.3 Å². The van der Waals surface area contributed by atoms with Gasteiger partial charge in [0.2, 0.25) is 0 Å². The average molecular weight is 1360 g/mol. The number of nitrogens with one attached hydrogen (secondary N) is 4. The predicted octanol–water partition coefficient (Wildman–Crippen LogP) is 13.7.